The zero-order valence-electron chi connectivity index (χ0n) is 11.1. The molecule has 17 heavy (non-hydrogen) atoms. The van der Waals surface area contributed by atoms with E-state index in [1.807, 2.05) is 20.8 Å². The largest absolute Gasteiger partial charge is 0.466 e. The second-order valence-corrected chi connectivity index (χ2v) is 5.35. The van der Waals surface area contributed by atoms with Gasteiger partial charge in [-0.2, -0.15) is 0 Å². The molecule has 2 rings (SSSR count). The Morgan fingerprint density at radius 1 is 1.12 bits per heavy atom. The van der Waals surface area contributed by atoms with E-state index in [0.29, 0.717) is 12.3 Å². The lowest BCUT2D eigenvalue weighted by atomic mass is 9.84. The molecule has 1 aromatic rings. The Hall–Kier alpha value is -1.05. The predicted octanol–water partition coefficient (Wildman–Crippen LogP) is 4.36. The first-order chi connectivity index (χ1) is 8.09. The van der Waals surface area contributed by atoms with Crippen LogP contribution in [-0.4, -0.2) is 5.78 Å². The van der Waals surface area contributed by atoms with E-state index in [1.165, 1.54) is 32.1 Å². The number of aryl methyl sites for hydroxylation is 2. The molecule has 0 N–H and O–H groups in total. The third-order valence-corrected chi connectivity index (χ3v) is 4.04. The zero-order chi connectivity index (χ0) is 12.4. The number of carbonyl (C=O) groups is 1. The van der Waals surface area contributed by atoms with Crippen molar-refractivity contribution in [3.63, 3.8) is 0 Å². The van der Waals surface area contributed by atoms with E-state index in [0.717, 1.165) is 22.6 Å². The van der Waals surface area contributed by atoms with E-state index in [9.17, 15) is 4.79 Å². The topological polar surface area (TPSA) is 30.2 Å². The molecule has 1 aromatic heterocycles. The highest BCUT2D eigenvalue weighted by molar-refractivity contribution is 5.98. The van der Waals surface area contributed by atoms with Gasteiger partial charge in [-0.05, 0) is 26.7 Å². The van der Waals surface area contributed by atoms with Crippen LogP contribution < -0.4 is 0 Å². The average molecular weight is 234 g/mol. The van der Waals surface area contributed by atoms with Crippen LogP contribution in [0.1, 0.15) is 66.0 Å². The maximum absolute atomic E-state index is 12.3. The van der Waals surface area contributed by atoms with Crippen LogP contribution in [0.4, 0.5) is 0 Å². The van der Waals surface area contributed by atoms with Crippen LogP contribution in [0.2, 0.25) is 0 Å². The Bertz CT molecular complexity index is 409. The lowest BCUT2D eigenvalue weighted by Gasteiger charge is -2.20. The number of hydrogen-bond donors (Lipinski definition) is 0. The Morgan fingerprint density at radius 3 is 2.29 bits per heavy atom. The Kier molecular flexibility index (Phi) is 3.70. The van der Waals surface area contributed by atoms with E-state index >= 15 is 0 Å². The van der Waals surface area contributed by atoms with Crippen molar-refractivity contribution < 1.29 is 9.21 Å². The summed E-state index contributed by atoms with van der Waals surface area (Å²) < 4.78 is 5.53. The molecule has 0 saturated heterocycles. The normalized spacial score (nSPS) is 17.4. The van der Waals surface area contributed by atoms with E-state index in [-0.39, 0.29) is 5.78 Å². The molecule has 0 spiro atoms. The van der Waals surface area contributed by atoms with Crippen molar-refractivity contribution in [3.05, 3.63) is 22.6 Å². The molecular weight excluding hydrogens is 212 g/mol. The highest BCUT2D eigenvalue weighted by atomic mass is 16.3. The van der Waals surface area contributed by atoms with Gasteiger partial charge in [0.2, 0.25) is 0 Å². The molecule has 1 aliphatic carbocycles. The number of ketones is 1. The van der Waals surface area contributed by atoms with Crippen LogP contribution >= 0.6 is 0 Å². The number of carbonyl (C=O) groups excluding carboxylic acids is 1. The highest BCUT2D eigenvalue weighted by Gasteiger charge is 2.22. The fourth-order valence-electron chi connectivity index (χ4n) is 2.96. The van der Waals surface area contributed by atoms with Gasteiger partial charge >= 0.3 is 0 Å². The lowest BCUT2D eigenvalue weighted by Crippen LogP contribution is -2.13. The molecule has 0 aromatic carbocycles. The summed E-state index contributed by atoms with van der Waals surface area (Å²) in [5.41, 5.74) is 1.87. The standard InChI is InChI=1S/C15H22O2/c1-10-11(2)17-12(3)15(10)14(16)9-13-7-5-4-6-8-13/h13H,4-9H2,1-3H3. The summed E-state index contributed by atoms with van der Waals surface area (Å²) in [7, 11) is 0. The molecule has 94 valence electrons. The van der Waals surface area contributed by atoms with Crippen LogP contribution in [-0.2, 0) is 0 Å². The minimum absolute atomic E-state index is 0.281. The molecule has 0 amide bonds. The van der Waals surface area contributed by atoms with Gasteiger partial charge in [-0.1, -0.05) is 32.1 Å². The maximum Gasteiger partial charge on any atom is 0.166 e. The summed E-state index contributed by atoms with van der Waals surface area (Å²) in [4.78, 5) is 12.3. The molecule has 1 saturated carbocycles. The van der Waals surface area contributed by atoms with Gasteiger partial charge in [0.05, 0.1) is 5.56 Å². The molecule has 0 atom stereocenters. The molecule has 0 radical (unpaired) electrons. The summed E-state index contributed by atoms with van der Waals surface area (Å²) in [6.07, 6.45) is 7.08. The van der Waals surface area contributed by atoms with Crippen LogP contribution in [0.3, 0.4) is 0 Å². The third-order valence-electron chi connectivity index (χ3n) is 4.04. The van der Waals surface area contributed by atoms with E-state index < -0.39 is 0 Å². The van der Waals surface area contributed by atoms with Gasteiger partial charge in [-0.3, -0.25) is 4.79 Å². The zero-order valence-corrected chi connectivity index (χ0v) is 11.1. The first-order valence-corrected chi connectivity index (χ1v) is 6.69. The minimum atomic E-state index is 0.281. The fourth-order valence-corrected chi connectivity index (χ4v) is 2.96. The smallest absolute Gasteiger partial charge is 0.166 e. The highest BCUT2D eigenvalue weighted by Crippen LogP contribution is 2.29. The van der Waals surface area contributed by atoms with Crippen molar-refractivity contribution in [2.24, 2.45) is 5.92 Å². The van der Waals surface area contributed by atoms with Gasteiger partial charge in [0.25, 0.3) is 0 Å². The van der Waals surface area contributed by atoms with Crippen molar-refractivity contribution in [2.45, 2.75) is 59.3 Å². The first kappa shape index (κ1) is 12.4. The Morgan fingerprint density at radius 2 is 1.76 bits per heavy atom. The Balaban J connectivity index is 2.08. The van der Waals surface area contributed by atoms with Gasteiger partial charge in [0, 0.05) is 12.0 Å². The predicted molar refractivity (Wildman–Crippen MR) is 68.4 cm³/mol. The summed E-state index contributed by atoms with van der Waals surface area (Å²) >= 11 is 0. The number of rotatable bonds is 3. The average Bonchev–Trinajstić information content (AvgIpc) is 2.54. The van der Waals surface area contributed by atoms with Crippen LogP contribution in [0.15, 0.2) is 4.42 Å². The molecule has 2 heteroatoms. The van der Waals surface area contributed by atoms with Crippen molar-refractivity contribution in [3.8, 4) is 0 Å². The SMILES string of the molecule is Cc1oc(C)c(C(=O)CC2CCCCC2)c1C. The molecule has 1 fully saturated rings. The molecule has 1 aliphatic rings. The number of Topliss-reactive ketones (excluding diaryl/α,β-unsaturated/α-hetero) is 1. The maximum atomic E-state index is 12.3. The van der Waals surface area contributed by atoms with Crippen molar-refractivity contribution in [1.82, 2.24) is 0 Å². The second-order valence-electron chi connectivity index (χ2n) is 5.35. The molecule has 2 nitrogen and oxygen atoms in total. The van der Waals surface area contributed by atoms with Gasteiger partial charge in [0.15, 0.2) is 5.78 Å². The van der Waals surface area contributed by atoms with E-state index in [1.54, 1.807) is 0 Å². The number of hydrogen-bond acceptors (Lipinski definition) is 2. The second kappa shape index (κ2) is 5.07. The summed E-state index contributed by atoms with van der Waals surface area (Å²) in [5.74, 6) is 2.56. The van der Waals surface area contributed by atoms with Gasteiger partial charge in [-0.15, -0.1) is 0 Å². The first-order valence-electron chi connectivity index (χ1n) is 6.69. The van der Waals surface area contributed by atoms with Crippen LogP contribution in [0.5, 0.6) is 0 Å². The fraction of sp³-hybridized carbons (Fsp3) is 0.667. The molecule has 0 unspecified atom stereocenters. The lowest BCUT2D eigenvalue weighted by molar-refractivity contribution is 0.0948. The number of furan rings is 1. The molecule has 0 bridgehead atoms. The quantitative estimate of drug-likeness (QED) is 0.727. The monoisotopic (exact) mass is 234 g/mol. The van der Waals surface area contributed by atoms with Gasteiger partial charge < -0.3 is 4.42 Å². The molecular formula is C15H22O2. The van der Waals surface area contributed by atoms with E-state index in [4.69, 9.17) is 4.42 Å². The molecule has 1 heterocycles. The van der Waals surface area contributed by atoms with E-state index in [2.05, 4.69) is 0 Å². The summed E-state index contributed by atoms with van der Waals surface area (Å²) in [5, 5.41) is 0. The Labute approximate surface area is 103 Å². The summed E-state index contributed by atoms with van der Waals surface area (Å²) in [6, 6.07) is 0. The molecule has 0 aliphatic heterocycles. The van der Waals surface area contributed by atoms with Crippen molar-refractivity contribution in [2.75, 3.05) is 0 Å². The van der Waals surface area contributed by atoms with Crippen molar-refractivity contribution in [1.29, 1.82) is 0 Å². The van der Waals surface area contributed by atoms with Gasteiger partial charge in [0.1, 0.15) is 11.5 Å². The summed E-state index contributed by atoms with van der Waals surface area (Å²) in [6.45, 7) is 5.81. The third kappa shape index (κ3) is 2.62. The van der Waals surface area contributed by atoms with Crippen LogP contribution in [0, 0.1) is 26.7 Å². The van der Waals surface area contributed by atoms with Crippen LogP contribution in [0.25, 0.3) is 0 Å². The van der Waals surface area contributed by atoms with Gasteiger partial charge in [-0.25, -0.2) is 0 Å². The van der Waals surface area contributed by atoms with Crippen molar-refractivity contribution >= 4 is 5.78 Å². The minimum Gasteiger partial charge on any atom is -0.466 e.